The predicted octanol–water partition coefficient (Wildman–Crippen LogP) is 10.2. The summed E-state index contributed by atoms with van der Waals surface area (Å²) in [6.45, 7) is 2.23. The van der Waals surface area contributed by atoms with Crippen molar-refractivity contribution in [1.29, 1.82) is 0 Å². The van der Waals surface area contributed by atoms with E-state index in [1.54, 1.807) is 0 Å². The molecule has 0 saturated carbocycles. The van der Waals surface area contributed by atoms with Gasteiger partial charge in [-0.1, -0.05) is 97.9 Å². The Balaban J connectivity index is 1.22. The third-order valence-corrected chi connectivity index (χ3v) is 8.30. The van der Waals surface area contributed by atoms with Crippen LogP contribution in [0, 0.1) is 5.92 Å². The molecule has 6 aromatic rings. The van der Waals surface area contributed by atoms with Crippen LogP contribution in [0.4, 0.5) is 34.1 Å². The van der Waals surface area contributed by atoms with Crippen LogP contribution in [0.25, 0.3) is 22.6 Å². The summed E-state index contributed by atoms with van der Waals surface area (Å²) in [5, 5.41) is 5.06. The van der Waals surface area contributed by atoms with Crippen LogP contribution in [0.1, 0.15) is 19.2 Å². The van der Waals surface area contributed by atoms with Gasteiger partial charge in [-0.25, -0.2) is 9.67 Å². The molecule has 0 spiro atoms. The largest absolute Gasteiger partial charge is 0.306 e. The van der Waals surface area contributed by atoms with Gasteiger partial charge in [0.25, 0.3) is 0 Å². The molecule has 44 heavy (non-hydrogen) atoms. The van der Waals surface area contributed by atoms with Crippen molar-refractivity contribution in [3.8, 4) is 17.1 Å². The van der Waals surface area contributed by atoms with Crippen molar-refractivity contribution in [1.82, 2.24) is 14.8 Å². The van der Waals surface area contributed by atoms with Gasteiger partial charge in [0.2, 0.25) is 0 Å². The fourth-order valence-electron chi connectivity index (χ4n) is 6.23. The molecule has 1 aliphatic heterocycles. The molecular formula is C39H31N5. The molecule has 1 unspecified atom stereocenters. The first-order valence-corrected chi connectivity index (χ1v) is 15.1. The zero-order valence-electron chi connectivity index (χ0n) is 24.5. The molecule has 5 aromatic carbocycles. The highest BCUT2D eigenvalue weighted by Gasteiger charge is 2.30. The predicted molar refractivity (Wildman–Crippen MR) is 181 cm³/mol. The molecule has 8 rings (SSSR count). The zero-order chi connectivity index (χ0) is 29.5. The van der Waals surface area contributed by atoms with E-state index in [2.05, 4.69) is 150 Å². The Morgan fingerprint density at radius 3 is 1.64 bits per heavy atom. The van der Waals surface area contributed by atoms with E-state index in [4.69, 9.17) is 10.1 Å². The first-order chi connectivity index (χ1) is 21.7. The summed E-state index contributed by atoms with van der Waals surface area (Å²) in [5.41, 5.74) is 9.91. The number of benzene rings is 5. The Bertz CT molecular complexity index is 1960. The van der Waals surface area contributed by atoms with Crippen LogP contribution < -0.4 is 9.80 Å². The van der Waals surface area contributed by atoms with Crippen molar-refractivity contribution in [2.45, 2.75) is 13.3 Å². The lowest BCUT2D eigenvalue weighted by Crippen LogP contribution is -2.23. The smallest absolute Gasteiger partial charge is 0.178 e. The van der Waals surface area contributed by atoms with Gasteiger partial charge in [0, 0.05) is 16.9 Å². The van der Waals surface area contributed by atoms with Gasteiger partial charge in [-0.15, -0.1) is 5.10 Å². The summed E-state index contributed by atoms with van der Waals surface area (Å²) < 4.78 is 1.98. The average Bonchev–Trinajstić information content (AvgIpc) is 3.54. The first kappa shape index (κ1) is 26.0. The number of hydrogen-bond donors (Lipinski definition) is 0. The molecule has 1 atom stereocenters. The number of para-hydroxylation sites is 5. The number of aromatic nitrogens is 3. The van der Waals surface area contributed by atoms with Crippen LogP contribution >= 0.6 is 0 Å². The van der Waals surface area contributed by atoms with Gasteiger partial charge in [0.1, 0.15) is 0 Å². The van der Waals surface area contributed by atoms with Gasteiger partial charge in [-0.3, -0.25) is 0 Å². The Labute approximate surface area is 257 Å². The molecule has 5 heteroatoms. The van der Waals surface area contributed by atoms with E-state index in [-0.39, 0.29) is 0 Å². The topological polar surface area (TPSA) is 37.2 Å². The van der Waals surface area contributed by atoms with Gasteiger partial charge < -0.3 is 9.80 Å². The number of fused-ring (bicyclic) bond motifs is 2. The van der Waals surface area contributed by atoms with Crippen molar-refractivity contribution >= 4 is 39.7 Å². The van der Waals surface area contributed by atoms with Gasteiger partial charge in [0.05, 0.1) is 28.4 Å². The van der Waals surface area contributed by atoms with E-state index in [0.29, 0.717) is 5.92 Å². The number of nitrogens with zero attached hydrogens (tertiary/aromatic N) is 5. The highest BCUT2D eigenvalue weighted by atomic mass is 15.4. The van der Waals surface area contributed by atoms with Crippen LogP contribution in [0.2, 0.25) is 0 Å². The summed E-state index contributed by atoms with van der Waals surface area (Å²) in [7, 11) is 0. The molecule has 1 aromatic heterocycles. The Hall–Kier alpha value is -5.68. The lowest BCUT2D eigenvalue weighted by atomic mass is 9.96. The van der Waals surface area contributed by atoms with Crippen LogP contribution in [0.15, 0.2) is 152 Å². The maximum Gasteiger partial charge on any atom is 0.178 e. The Morgan fingerprint density at radius 2 is 1.07 bits per heavy atom. The molecule has 2 aliphatic rings. The molecule has 0 amide bonds. The molecule has 0 saturated heterocycles. The van der Waals surface area contributed by atoms with E-state index in [0.717, 1.165) is 69.0 Å². The minimum absolute atomic E-state index is 0.467. The highest BCUT2D eigenvalue weighted by Crippen LogP contribution is 2.53. The third-order valence-electron chi connectivity index (χ3n) is 8.30. The zero-order valence-corrected chi connectivity index (χ0v) is 24.5. The van der Waals surface area contributed by atoms with Gasteiger partial charge >= 0.3 is 0 Å². The highest BCUT2D eigenvalue weighted by molar-refractivity contribution is 6.01. The standard InChI is InChI=1S/C39H31N5/c1-28-13-12-16-30(27-28)38-40-39(29-14-4-2-5-15-29)44(41-38)33-25-23-32(24-26-33)43-36-21-10-8-19-34(36)42(31-17-6-3-7-18-31)35-20-9-11-22-37(35)43/h2-26,28H,27H2,1H3. The van der Waals surface area contributed by atoms with Crippen LogP contribution in [-0.4, -0.2) is 14.8 Å². The normalized spacial score (nSPS) is 15.5. The molecule has 0 bridgehead atoms. The van der Waals surface area contributed by atoms with Gasteiger partial charge in [-0.05, 0) is 78.6 Å². The third kappa shape index (κ3) is 4.50. The summed E-state index contributed by atoms with van der Waals surface area (Å²) in [6.07, 6.45) is 7.42. The maximum absolute atomic E-state index is 5.06. The molecule has 1 aliphatic carbocycles. The maximum atomic E-state index is 5.06. The second kappa shape index (κ2) is 10.9. The number of hydrogen-bond acceptors (Lipinski definition) is 4. The average molecular weight is 570 g/mol. The molecule has 212 valence electrons. The van der Waals surface area contributed by atoms with Crippen molar-refractivity contribution in [3.05, 3.63) is 158 Å². The van der Waals surface area contributed by atoms with Crippen molar-refractivity contribution < 1.29 is 0 Å². The lowest BCUT2D eigenvalue weighted by Gasteiger charge is -2.40. The van der Waals surface area contributed by atoms with E-state index in [9.17, 15) is 0 Å². The first-order valence-electron chi connectivity index (χ1n) is 15.1. The summed E-state index contributed by atoms with van der Waals surface area (Å²) in [6, 6.07) is 46.7. The van der Waals surface area contributed by atoms with E-state index in [1.807, 2.05) is 22.9 Å². The van der Waals surface area contributed by atoms with Gasteiger partial charge in [0.15, 0.2) is 11.6 Å². The molecular weight excluding hydrogens is 538 g/mol. The molecule has 2 heterocycles. The number of rotatable bonds is 5. The van der Waals surface area contributed by atoms with E-state index < -0.39 is 0 Å². The summed E-state index contributed by atoms with van der Waals surface area (Å²) in [5.74, 6) is 2.09. The second-order valence-corrected chi connectivity index (χ2v) is 11.3. The minimum Gasteiger partial charge on any atom is -0.306 e. The summed E-state index contributed by atoms with van der Waals surface area (Å²) >= 11 is 0. The SMILES string of the molecule is CC1C=CC=C(c2nc(-c3ccccc3)n(-c3ccc(N4c5ccccc5N(c5ccccc5)c5ccccc54)cc3)n2)C1. The van der Waals surface area contributed by atoms with Crippen LogP contribution in [0.3, 0.4) is 0 Å². The second-order valence-electron chi connectivity index (χ2n) is 11.3. The van der Waals surface area contributed by atoms with Gasteiger partial charge in [-0.2, -0.15) is 0 Å². The Kier molecular flexibility index (Phi) is 6.42. The molecule has 0 fully saturated rings. The van der Waals surface area contributed by atoms with Crippen molar-refractivity contribution in [2.24, 2.45) is 5.92 Å². The van der Waals surface area contributed by atoms with Crippen LogP contribution in [0.5, 0.6) is 0 Å². The van der Waals surface area contributed by atoms with Crippen molar-refractivity contribution in [3.63, 3.8) is 0 Å². The quantitative estimate of drug-likeness (QED) is 0.207. The van der Waals surface area contributed by atoms with E-state index >= 15 is 0 Å². The lowest BCUT2D eigenvalue weighted by molar-refractivity contribution is 0.742. The fourth-order valence-corrected chi connectivity index (χ4v) is 6.23. The van der Waals surface area contributed by atoms with Crippen molar-refractivity contribution in [2.75, 3.05) is 9.80 Å². The Morgan fingerprint density at radius 1 is 0.568 bits per heavy atom. The molecule has 0 radical (unpaired) electrons. The molecule has 0 N–H and O–H groups in total. The number of anilines is 6. The molecule has 5 nitrogen and oxygen atoms in total. The van der Waals surface area contributed by atoms with E-state index in [1.165, 1.54) is 0 Å². The minimum atomic E-state index is 0.467. The monoisotopic (exact) mass is 569 g/mol. The van der Waals surface area contributed by atoms with Crippen LogP contribution in [-0.2, 0) is 0 Å². The number of allylic oxidation sites excluding steroid dienone is 4. The summed E-state index contributed by atoms with van der Waals surface area (Å²) in [4.78, 5) is 9.75. The fraction of sp³-hybridized carbons (Fsp3) is 0.0769.